The molecule has 0 spiro atoms. The molecule has 0 aromatic heterocycles. The normalized spacial score (nSPS) is 14.2. The van der Waals surface area contributed by atoms with Crippen LogP contribution in [0.25, 0.3) is 11.4 Å². The smallest absolute Gasteiger partial charge is 0.654 e. The second-order valence-electron chi connectivity index (χ2n) is 8.83. The number of rotatable bonds is 2. The van der Waals surface area contributed by atoms with Gasteiger partial charge in [-0.15, -0.1) is 17.8 Å². The fraction of sp³-hybridized carbons (Fsp3) is 0.360. The molecule has 5 heteroatoms. The number of allylic oxidation sites excluding steroid dienone is 1. The van der Waals surface area contributed by atoms with Crippen LogP contribution in [-0.4, -0.2) is 17.4 Å². The third-order valence-corrected chi connectivity index (χ3v) is 7.72. The Morgan fingerprint density at radius 1 is 0.967 bits per heavy atom. The van der Waals surface area contributed by atoms with E-state index in [9.17, 15) is 4.39 Å². The van der Waals surface area contributed by atoms with Crippen LogP contribution in [0.4, 0.5) is 10.1 Å². The van der Waals surface area contributed by atoms with Gasteiger partial charge >= 0.3 is 20.4 Å². The van der Waals surface area contributed by atoms with Gasteiger partial charge in [-0.25, -0.2) is 4.39 Å². The molecule has 0 saturated heterocycles. The van der Waals surface area contributed by atoms with Gasteiger partial charge in [-0.05, 0) is 21.9 Å². The summed E-state index contributed by atoms with van der Waals surface area (Å²) in [6, 6.07) is 14.5. The molecule has 0 atom stereocenters. The molecule has 3 rings (SSSR count). The minimum atomic E-state index is -0.317. The zero-order valence-corrected chi connectivity index (χ0v) is 21.2. The molecule has 164 valence electrons. The average Bonchev–Trinajstić information content (AvgIpc) is 2.65. The summed E-state index contributed by atoms with van der Waals surface area (Å²) in [4.78, 5) is 0. The van der Waals surface area contributed by atoms with Gasteiger partial charge in [0.15, 0.2) is 0 Å². The van der Waals surface area contributed by atoms with Gasteiger partial charge in [0.1, 0.15) is 5.75 Å². The zero-order valence-electron chi connectivity index (χ0n) is 18.8. The molecular formula is C25H31FNOPPd. The van der Waals surface area contributed by atoms with Crippen molar-refractivity contribution in [3.63, 3.8) is 0 Å². The van der Waals surface area contributed by atoms with E-state index in [1.807, 2.05) is 12.1 Å². The zero-order chi connectivity index (χ0) is 21.7. The molecule has 2 aromatic rings. The Kier molecular flexibility index (Phi) is 9.96. The Labute approximate surface area is 196 Å². The van der Waals surface area contributed by atoms with Crippen molar-refractivity contribution in [1.29, 1.82) is 0 Å². The molecular weight excluding hydrogens is 487 g/mol. The number of hydrogen-bond acceptors (Lipinski definition) is 1. The van der Waals surface area contributed by atoms with Crippen LogP contribution in [-0.2, 0) is 20.4 Å². The largest absolute Gasteiger partial charge is 2.00 e. The molecule has 0 saturated carbocycles. The molecule has 0 fully saturated rings. The predicted octanol–water partition coefficient (Wildman–Crippen LogP) is 8.27. The van der Waals surface area contributed by atoms with E-state index >= 15 is 0 Å². The monoisotopic (exact) mass is 517 g/mol. The molecule has 30 heavy (non-hydrogen) atoms. The second kappa shape index (κ2) is 11.2. The van der Waals surface area contributed by atoms with Crippen molar-refractivity contribution in [3.8, 4) is 5.75 Å². The first-order chi connectivity index (χ1) is 13.5. The van der Waals surface area contributed by atoms with Crippen LogP contribution in [0, 0.1) is 11.9 Å². The summed E-state index contributed by atoms with van der Waals surface area (Å²) in [6.07, 6.45) is 4.25. The molecule has 0 amide bonds. The minimum absolute atomic E-state index is 0. The van der Waals surface area contributed by atoms with Crippen molar-refractivity contribution in [3.05, 3.63) is 82.8 Å². The van der Waals surface area contributed by atoms with E-state index in [1.165, 1.54) is 24.3 Å². The van der Waals surface area contributed by atoms with Crippen LogP contribution >= 0.6 is 7.92 Å². The molecule has 1 aliphatic heterocycles. The van der Waals surface area contributed by atoms with Gasteiger partial charge in [0, 0.05) is 5.82 Å². The molecule has 2 nitrogen and oxygen atoms in total. The Balaban J connectivity index is 0.000000477. The van der Waals surface area contributed by atoms with E-state index in [2.05, 4.69) is 71.6 Å². The maximum atomic E-state index is 11.9. The standard InChI is InChI=1S/C19H27NOP.C6H4F.Pd/c1-18(2,3)22(19(4,5)6)13-15-12-11-14-9-8-10-16(21-7)17(14)20-15;7-6-4-2-1-3-5-6;/h8-13H,1-7H3;2-5H;/q2*-1;+2/b15-13+;;. The first-order valence-electron chi connectivity index (χ1n) is 9.72. The van der Waals surface area contributed by atoms with Crippen molar-refractivity contribution >= 4 is 19.7 Å². The Morgan fingerprint density at radius 3 is 2.03 bits per heavy atom. The van der Waals surface area contributed by atoms with Crippen molar-refractivity contribution in [1.82, 2.24) is 0 Å². The molecule has 0 aliphatic carbocycles. The van der Waals surface area contributed by atoms with E-state index in [0.29, 0.717) is 0 Å². The molecule has 2 aromatic carbocycles. The van der Waals surface area contributed by atoms with E-state index in [1.54, 1.807) is 7.11 Å². The molecule has 0 N–H and O–H groups in total. The van der Waals surface area contributed by atoms with Crippen molar-refractivity contribution in [2.45, 2.75) is 51.9 Å². The fourth-order valence-electron chi connectivity index (χ4n) is 3.26. The van der Waals surface area contributed by atoms with Gasteiger partial charge in [-0.3, -0.25) is 0 Å². The number of methoxy groups -OCH3 is 1. The first kappa shape index (κ1) is 26.6. The molecule has 1 heterocycles. The van der Waals surface area contributed by atoms with Crippen LogP contribution in [0.1, 0.15) is 47.1 Å². The summed E-state index contributed by atoms with van der Waals surface area (Å²) in [6.45, 7) is 13.9. The molecule has 0 bridgehead atoms. The van der Waals surface area contributed by atoms with Gasteiger partial charge in [0.2, 0.25) is 0 Å². The first-order valence-corrected chi connectivity index (χ1v) is 11.1. The summed E-state index contributed by atoms with van der Waals surface area (Å²) >= 11 is 0. The van der Waals surface area contributed by atoms with Crippen LogP contribution in [0.5, 0.6) is 5.75 Å². The SMILES string of the molecule is COc1cccc2c1[N-]/C(=C/P(C(C)(C)C)C(C)(C)C)C=C2.Fc1cc[c-]cc1.[Pd+2]. The third kappa shape index (κ3) is 7.66. The van der Waals surface area contributed by atoms with E-state index in [-0.39, 0.29) is 44.5 Å². The van der Waals surface area contributed by atoms with Crippen molar-refractivity contribution < 1.29 is 29.6 Å². The third-order valence-electron chi connectivity index (χ3n) is 4.31. The number of ether oxygens (including phenoxy) is 1. The molecule has 0 unspecified atom stereocenters. The average molecular weight is 518 g/mol. The van der Waals surface area contributed by atoms with Gasteiger partial charge < -0.3 is 10.1 Å². The summed E-state index contributed by atoms with van der Waals surface area (Å²) in [5.74, 6) is 3.00. The van der Waals surface area contributed by atoms with Gasteiger partial charge in [0.05, 0.1) is 7.11 Å². The topological polar surface area (TPSA) is 23.3 Å². The van der Waals surface area contributed by atoms with Crippen LogP contribution in [0.3, 0.4) is 0 Å². The van der Waals surface area contributed by atoms with Crippen LogP contribution < -0.4 is 4.74 Å². The summed E-state index contributed by atoms with van der Waals surface area (Å²) < 4.78 is 17.3. The second-order valence-corrected chi connectivity index (χ2v) is 12.5. The summed E-state index contributed by atoms with van der Waals surface area (Å²) in [5.41, 5.74) is 3.11. The van der Waals surface area contributed by atoms with Crippen LogP contribution in [0.15, 0.2) is 60.1 Å². The van der Waals surface area contributed by atoms with Gasteiger partial charge in [-0.2, -0.15) is 18.2 Å². The fourth-order valence-corrected chi connectivity index (χ4v) is 6.46. The van der Waals surface area contributed by atoms with E-state index in [0.717, 1.165) is 22.7 Å². The van der Waals surface area contributed by atoms with Crippen LogP contribution in [0.2, 0.25) is 0 Å². The minimum Gasteiger partial charge on any atom is -0.654 e. The Hall–Kier alpha value is -1.46. The number of para-hydroxylation sites is 1. The number of fused-ring (bicyclic) bond motifs is 1. The summed E-state index contributed by atoms with van der Waals surface area (Å²) in [5, 5.41) is 5.36. The quantitative estimate of drug-likeness (QED) is 0.223. The Bertz CT molecular complexity index is 853. The maximum absolute atomic E-state index is 11.9. The molecule has 0 radical (unpaired) electrons. The Morgan fingerprint density at radius 2 is 1.57 bits per heavy atom. The number of benzene rings is 2. The van der Waals surface area contributed by atoms with Gasteiger partial charge in [0.25, 0.3) is 0 Å². The maximum Gasteiger partial charge on any atom is 2.00 e. The van der Waals surface area contributed by atoms with Gasteiger partial charge in [-0.1, -0.05) is 85.3 Å². The number of halogens is 1. The number of hydrogen-bond donors (Lipinski definition) is 0. The number of nitrogens with zero attached hydrogens (tertiary/aromatic N) is 1. The van der Waals surface area contributed by atoms with E-state index in [4.69, 9.17) is 10.1 Å². The van der Waals surface area contributed by atoms with E-state index < -0.39 is 0 Å². The predicted molar refractivity (Wildman–Crippen MR) is 125 cm³/mol. The van der Waals surface area contributed by atoms with Crippen molar-refractivity contribution in [2.24, 2.45) is 0 Å². The molecule has 1 aliphatic rings. The van der Waals surface area contributed by atoms with Crippen molar-refractivity contribution in [2.75, 3.05) is 7.11 Å². The summed E-state index contributed by atoms with van der Waals surface area (Å²) in [7, 11) is 1.38.